The molecule has 0 aliphatic heterocycles. The van der Waals surface area contributed by atoms with Crippen LogP contribution in [0.5, 0.6) is 0 Å². The zero-order valence-corrected chi connectivity index (χ0v) is 13.7. The van der Waals surface area contributed by atoms with Crippen molar-refractivity contribution in [1.82, 2.24) is 0 Å². The lowest BCUT2D eigenvalue weighted by atomic mass is 9.83. The third-order valence-electron chi connectivity index (χ3n) is 5.18. The largest absolute Gasteiger partial charge is 0.103 e. The Morgan fingerprint density at radius 1 is 1.09 bits per heavy atom. The summed E-state index contributed by atoms with van der Waals surface area (Å²) >= 11 is 0. The number of hydrogen-bond donors (Lipinski definition) is 0. The van der Waals surface area contributed by atoms with Gasteiger partial charge in [0.25, 0.3) is 0 Å². The van der Waals surface area contributed by atoms with Crippen molar-refractivity contribution >= 4 is 11.6 Å². The third-order valence-corrected chi connectivity index (χ3v) is 5.18. The second-order valence-corrected chi connectivity index (χ2v) is 6.63. The van der Waals surface area contributed by atoms with Gasteiger partial charge in [-0.1, -0.05) is 71.8 Å². The normalized spacial score (nSPS) is 18.7. The molecular weight excluding hydrogens is 276 g/mol. The lowest BCUT2D eigenvalue weighted by molar-refractivity contribution is 0.928. The van der Waals surface area contributed by atoms with Gasteiger partial charge in [-0.3, -0.25) is 0 Å². The van der Waals surface area contributed by atoms with Gasteiger partial charge < -0.3 is 0 Å². The van der Waals surface area contributed by atoms with Crippen LogP contribution >= 0.6 is 0 Å². The summed E-state index contributed by atoms with van der Waals surface area (Å²) in [4.78, 5) is 0. The summed E-state index contributed by atoms with van der Waals surface area (Å²) < 4.78 is 0. The van der Waals surface area contributed by atoms with Crippen molar-refractivity contribution in [3.8, 4) is 0 Å². The maximum Gasteiger partial charge on any atom is 0.0311 e. The Bertz CT molecular complexity index is 833. The highest BCUT2D eigenvalue weighted by molar-refractivity contribution is 5.87. The molecule has 0 spiro atoms. The van der Waals surface area contributed by atoms with E-state index in [1.54, 1.807) is 11.1 Å². The molecule has 1 unspecified atom stereocenters. The SMILES string of the molecule is C=CCCC1=C(C2C(C)=Cc3ccccc32)c2ccccc2C1. The summed E-state index contributed by atoms with van der Waals surface area (Å²) in [5.41, 5.74) is 10.4. The van der Waals surface area contributed by atoms with Crippen molar-refractivity contribution in [3.05, 3.63) is 94.6 Å². The molecule has 23 heavy (non-hydrogen) atoms. The van der Waals surface area contributed by atoms with Crippen LogP contribution < -0.4 is 0 Å². The minimum atomic E-state index is 0.426. The van der Waals surface area contributed by atoms with E-state index in [0.717, 1.165) is 19.3 Å². The molecule has 0 saturated heterocycles. The Balaban J connectivity index is 1.87. The molecule has 0 bridgehead atoms. The topological polar surface area (TPSA) is 0 Å². The Labute approximate surface area is 138 Å². The van der Waals surface area contributed by atoms with Gasteiger partial charge in [-0.15, -0.1) is 6.58 Å². The van der Waals surface area contributed by atoms with Crippen LogP contribution in [0, 0.1) is 0 Å². The number of benzene rings is 2. The molecule has 2 aliphatic rings. The molecule has 114 valence electrons. The van der Waals surface area contributed by atoms with E-state index in [9.17, 15) is 0 Å². The van der Waals surface area contributed by atoms with Crippen LogP contribution in [-0.2, 0) is 6.42 Å². The second kappa shape index (κ2) is 5.70. The van der Waals surface area contributed by atoms with Gasteiger partial charge in [0.15, 0.2) is 0 Å². The molecule has 0 heterocycles. The first kappa shape index (κ1) is 14.3. The standard InChI is InChI=1S/C23H22/c1-3-4-9-19-15-18-11-6-8-13-21(18)23(19)22-16(2)14-17-10-5-7-12-20(17)22/h3,5-8,10-14,22H,1,4,9,15H2,2H3. The number of allylic oxidation sites excluding steroid dienone is 4. The summed E-state index contributed by atoms with van der Waals surface area (Å²) in [5.74, 6) is 0.426. The van der Waals surface area contributed by atoms with E-state index in [0.29, 0.717) is 5.92 Å². The zero-order chi connectivity index (χ0) is 15.8. The number of rotatable bonds is 4. The average Bonchev–Trinajstić information content (AvgIpc) is 3.09. The van der Waals surface area contributed by atoms with Crippen molar-refractivity contribution in [2.24, 2.45) is 0 Å². The highest BCUT2D eigenvalue weighted by atomic mass is 14.4. The zero-order valence-electron chi connectivity index (χ0n) is 13.7. The molecule has 0 aromatic heterocycles. The molecule has 0 saturated carbocycles. The van der Waals surface area contributed by atoms with Crippen LogP contribution in [0.1, 0.15) is 47.9 Å². The molecule has 0 N–H and O–H groups in total. The molecular formula is C23H22. The molecule has 0 radical (unpaired) electrons. The fourth-order valence-corrected chi connectivity index (χ4v) is 4.17. The van der Waals surface area contributed by atoms with Crippen molar-refractivity contribution in [1.29, 1.82) is 0 Å². The molecule has 2 aromatic rings. The van der Waals surface area contributed by atoms with Crippen molar-refractivity contribution < 1.29 is 0 Å². The summed E-state index contributed by atoms with van der Waals surface area (Å²) in [6.07, 6.45) is 7.69. The lowest BCUT2D eigenvalue weighted by Gasteiger charge is -2.20. The minimum Gasteiger partial charge on any atom is -0.103 e. The smallest absolute Gasteiger partial charge is 0.0311 e. The molecule has 4 rings (SSSR count). The summed E-state index contributed by atoms with van der Waals surface area (Å²) in [6.45, 7) is 6.19. The first-order chi connectivity index (χ1) is 11.3. The Morgan fingerprint density at radius 3 is 2.74 bits per heavy atom. The highest BCUT2D eigenvalue weighted by Crippen LogP contribution is 2.50. The van der Waals surface area contributed by atoms with Gasteiger partial charge in [-0.25, -0.2) is 0 Å². The first-order valence-electron chi connectivity index (χ1n) is 8.48. The van der Waals surface area contributed by atoms with E-state index >= 15 is 0 Å². The van der Waals surface area contributed by atoms with E-state index in [-0.39, 0.29) is 0 Å². The van der Waals surface area contributed by atoms with Crippen molar-refractivity contribution in [3.63, 3.8) is 0 Å². The van der Waals surface area contributed by atoms with Gasteiger partial charge in [0.05, 0.1) is 0 Å². The number of hydrogen-bond acceptors (Lipinski definition) is 0. The predicted octanol–water partition coefficient (Wildman–Crippen LogP) is 6.16. The summed E-state index contributed by atoms with van der Waals surface area (Å²) in [6, 6.07) is 17.8. The quantitative estimate of drug-likeness (QED) is 0.593. The van der Waals surface area contributed by atoms with Crippen LogP contribution in [0.25, 0.3) is 11.6 Å². The van der Waals surface area contributed by atoms with Crippen LogP contribution in [0.3, 0.4) is 0 Å². The highest BCUT2D eigenvalue weighted by Gasteiger charge is 2.32. The van der Waals surface area contributed by atoms with Crippen LogP contribution in [0.2, 0.25) is 0 Å². The molecule has 1 atom stereocenters. The molecule has 0 nitrogen and oxygen atoms in total. The Morgan fingerprint density at radius 2 is 1.87 bits per heavy atom. The molecule has 0 fully saturated rings. The van der Waals surface area contributed by atoms with Gasteiger partial charge in [0.1, 0.15) is 0 Å². The van der Waals surface area contributed by atoms with Gasteiger partial charge in [-0.2, -0.15) is 0 Å². The summed E-state index contributed by atoms with van der Waals surface area (Å²) in [7, 11) is 0. The Kier molecular flexibility index (Phi) is 3.53. The average molecular weight is 298 g/mol. The van der Waals surface area contributed by atoms with Gasteiger partial charge in [0.2, 0.25) is 0 Å². The van der Waals surface area contributed by atoms with Crippen molar-refractivity contribution in [2.75, 3.05) is 0 Å². The van der Waals surface area contributed by atoms with Crippen molar-refractivity contribution in [2.45, 2.75) is 32.1 Å². The second-order valence-electron chi connectivity index (χ2n) is 6.63. The van der Waals surface area contributed by atoms with Gasteiger partial charge in [0, 0.05) is 5.92 Å². The monoisotopic (exact) mass is 298 g/mol. The fraction of sp³-hybridized carbons (Fsp3) is 0.217. The maximum absolute atomic E-state index is 3.91. The Hall–Kier alpha value is -2.34. The fourth-order valence-electron chi connectivity index (χ4n) is 4.17. The summed E-state index contributed by atoms with van der Waals surface area (Å²) in [5, 5.41) is 0. The predicted molar refractivity (Wildman–Crippen MR) is 99.3 cm³/mol. The van der Waals surface area contributed by atoms with E-state index in [1.807, 2.05) is 6.08 Å². The van der Waals surface area contributed by atoms with Gasteiger partial charge >= 0.3 is 0 Å². The number of fused-ring (bicyclic) bond motifs is 2. The molecule has 2 aliphatic carbocycles. The molecule has 0 heteroatoms. The van der Waals surface area contributed by atoms with Gasteiger partial charge in [-0.05, 0) is 54.0 Å². The van der Waals surface area contributed by atoms with E-state index < -0.39 is 0 Å². The lowest BCUT2D eigenvalue weighted by Crippen LogP contribution is -2.02. The molecule has 2 aromatic carbocycles. The van der Waals surface area contributed by atoms with E-state index in [4.69, 9.17) is 0 Å². The first-order valence-corrected chi connectivity index (χ1v) is 8.48. The van der Waals surface area contributed by atoms with E-state index in [1.165, 1.54) is 27.8 Å². The molecule has 0 amide bonds. The third kappa shape index (κ3) is 2.30. The maximum atomic E-state index is 3.91. The minimum absolute atomic E-state index is 0.426. The van der Waals surface area contributed by atoms with Crippen LogP contribution in [0.4, 0.5) is 0 Å². The van der Waals surface area contributed by atoms with E-state index in [2.05, 4.69) is 68.1 Å². The van der Waals surface area contributed by atoms with Crippen LogP contribution in [0.15, 0.2) is 72.3 Å². The van der Waals surface area contributed by atoms with Crippen LogP contribution in [-0.4, -0.2) is 0 Å².